The molecule has 2 rings (SSSR count). The van der Waals surface area contributed by atoms with E-state index in [9.17, 15) is 8.42 Å². The molecule has 0 saturated carbocycles. The number of nitrogens with two attached hydrogens (primary N) is 1. The van der Waals surface area contributed by atoms with E-state index in [2.05, 4.69) is 11.9 Å². The van der Waals surface area contributed by atoms with E-state index in [1.807, 2.05) is 0 Å². The van der Waals surface area contributed by atoms with Gasteiger partial charge in [-0.3, -0.25) is 0 Å². The summed E-state index contributed by atoms with van der Waals surface area (Å²) in [4.78, 5) is 4.12. The largest absolute Gasteiger partial charge is 0.384 e. The molecule has 1 aliphatic heterocycles. The minimum absolute atomic E-state index is 0.126. The monoisotopic (exact) mass is 283 g/mol. The zero-order chi connectivity index (χ0) is 13.9. The molecule has 19 heavy (non-hydrogen) atoms. The number of nitrogens with zero attached hydrogens (tertiary/aromatic N) is 2. The number of hydrogen-bond donors (Lipinski definition) is 1. The molecule has 0 spiro atoms. The van der Waals surface area contributed by atoms with Crippen molar-refractivity contribution in [3.8, 4) is 0 Å². The molecular formula is C13H21N3O2S. The van der Waals surface area contributed by atoms with Crippen LogP contribution in [0.2, 0.25) is 0 Å². The van der Waals surface area contributed by atoms with Crippen LogP contribution in [0.25, 0.3) is 0 Å². The Morgan fingerprint density at radius 2 is 2.21 bits per heavy atom. The van der Waals surface area contributed by atoms with Crippen LogP contribution in [0.15, 0.2) is 23.2 Å². The molecule has 1 saturated heterocycles. The van der Waals surface area contributed by atoms with Gasteiger partial charge >= 0.3 is 0 Å². The molecule has 1 aromatic rings. The van der Waals surface area contributed by atoms with E-state index in [0.717, 1.165) is 32.1 Å². The summed E-state index contributed by atoms with van der Waals surface area (Å²) in [6, 6.07) is 3.20. The molecule has 2 N–H and O–H groups in total. The van der Waals surface area contributed by atoms with E-state index < -0.39 is 10.0 Å². The van der Waals surface area contributed by atoms with Gasteiger partial charge in [0.05, 0.1) is 0 Å². The fourth-order valence-electron chi connectivity index (χ4n) is 2.59. The lowest BCUT2D eigenvalue weighted by Gasteiger charge is -2.34. The number of aromatic nitrogens is 1. The first-order valence-electron chi connectivity index (χ1n) is 6.79. The fraction of sp³-hybridized carbons (Fsp3) is 0.615. The van der Waals surface area contributed by atoms with Gasteiger partial charge in [-0.2, -0.15) is 4.31 Å². The van der Waals surface area contributed by atoms with Crippen LogP contribution in [0.5, 0.6) is 0 Å². The highest BCUT2D eigenvalue weighted by molar-refractivity contribution is 7.89. The van der Waals surface area contributed by atoms with Crippen molar-refractivity contribution in [1.82, 2.24) is 9.29 Å². The highest BCUT2D eigenvalue weighted by Crippen LogP contribution is 2.27. The summed E-state index contributed by atoms with van der Waals surface area (Å²) >= 11 is 0. The number of sulfonamides is 1. The van der Waals surface area contributed by atoms with Crippen LogP contribution < -0.4 is 5.73 Å². The van der Waals surface area contributed by atoms with Gasteiger partial charge in [0, 0.05) is 18.8 Å². The molecule has 1 fully saturated rings. The summed E-state index contributed by atoms with van der Waals surface area (Å²) in [7, 11) is -3.43. The molecule has 0 bridgehead atoms. The highest BCUT2D eigenvalue weighted by atomic mass is 32.2. The Balaban J connectivity index is 2.28. The lowest BCUT2D eigenvalue weighted by atomic mass is 10.0. The molecular weight excluding hydrogens is 262 g/mol. The lowest BCUT2D eigenvalue weighted by molar-refractivity contribution is 0.239. The molecule has 0 aliphatic carbocycles. The third-order valence-electron chi connectivity index (χ3n) is 3.56. The van der Waals surface area contributed by atoms with E-state index >= 15 is 0 Å². The van der Waals surface area contributed by atoms with Crippen LogP contribution >= 0.6 is 0 Å². The molecule has 0 aromatic carbocycles. The average Bonchev–Trinajstić information content (AvgIpc) is 2.40. The standard InChI is InChI=1S/C13H21N3O2S/c1-2-5-11-6-3-4-9-16(11)19(17,18)12-7-8-13(14)15-10-12/h7-8,10-11H,2-6,9H2,1H3,(H2,14,15). The number of pyridine rings is 1. The van der Waals surface area contributed by atoms with Gasteiger partial charge in [0.2, 0.25) is 10.0 Å². The van der Waals surface area contributed by atoms with Gasteiger partial charge in [-0.05, 0) is 31.4 Å². The van der Waals surface area contributed by atoms with E-state index in [-0.39, 0.29) is 10.9 Å². The first-order chi connectivity index (χ1) is 9.05. The Bertz CT molecular complexity index is 511. The first-order valence-corrected chi connectivity index (χ1v) is 8.23. The smallest absolute Gasteiger partial charge is 0.244 e. The van der Waals surface area contributed by atoms with Crippen LogP contribution in [0.1, 0.15) is 39.0 Å². The second-order valence-electron chi connectivity index (χ2n) is 4.97. The summed E-state index contributed by atoms with van der Waals surface area (Å²) in [6.45, 7) is 2.70. The summed E-state index contributed by atoms with van der Waals surface area (Å²) in [6.07, 6.45) is 6.26. The van der Waals surface area contributed by atoms with Crippen LogP contribution in [-0.4, -0.2) is 30.3 Å². The van der Waals surface area contributed by atoms with Crippen molar-refractivity contribution in [1.29, 1.82) is 0 Å². The Labute approximate surface area is 114 Å². The minimum Gasteiger partial charge on any atom is -0.384 e. The molecule has 0 radical (unpaired) electrons. The van der Waals surface area contributed by atoms with Crippen LogP contribution in [0.4, 0.5) is 5.82 Å². The third kappa shape index (κ3) is 3.06. The van der Waals surface area contributed by atoms with Crippen molar-refractivity contribution in [3.05, 3.63) is 18.3 Å². The highest BCUT2D eigenvalue weighted by Gasteiger charge is 2.32. The van der Waals surface area contributed by atoms with Crippen molar-refractivity contribution < 1.29 is 8.42 Å². The molecule has 1 aliphatic rings. The summed E-state index contributed by atoms with van der Waals surface area (Å²) in [5, 5.41) is 0. The second-order valence-corrected chi connectivity index (χ2v) is 6.86. The van der Waals surface area contributed by atoms with Gasteiger partial charge in [-0.1, -0.05) is 19.8 Å². The van der Waals surface area contributed by atoms with E-state index in [0.29, 0.717) is 12.4 Å². The van der Waals surface area contributed by atoms with Gasteiger partial charge in [0.25, 0.3) is 0 Å². The summed E-state index contributed by atoms with van der Waals surface area (Å²) < 4.78 is 26.9. The van der Waals surface area contributed by atoms with Crippen molar-refractivity contribution in [2.24, 2.45) is 0 Å². The number of hydrogen-bond acceptors (Lipinski definition) is 4. The number of rotatable bonds is 4. The van der Waals surface area contributed by atoms with E-state index in [1.54, 1.807) is 4.31 Å². The maximum Gasteiger partial charge on any atom is 0.244 e. The maximum atomic E-state index is 12.6. The van der Waals surface area contributed by atoms with Gasteiger partial charge in [-0.25, -0.2) is 13.4 Å². The predicted molar refractivity (Wildman–Crippen MR) is 75.1 cm³/mol. The van der Waals surface area contributed by atoms with Crippen molar-refractivity contribution in [2.75, 3.05) is 12.3 Å². The first kappa shape index (κ1) is 14.3. The van der Waals surface area contributed by atoms with E-state index in [1.165, 1.54) is 18.3 Å². The van der Waals surface area contributed by atoms with E-state index in [4.69, 9.17) is 5.73 Å². The third-order valence-corrected chi connectivity index (χ3v) is 5.50. The zero-order valence-corrected chi connectivity index (χ0v) is 12.1. The molecule has 1 atom stereocenters. The van der Waals surface area contributed by atoms with Gasteiger partial charge in [0.15, 0.2) is 0 Å². The van der Waals surface area contributed by atoms with Gasteiger partial charge in [0.1, 0.15) is 10.7 Å². The quantitative estimate of drug-likeness (QED) is 0.917. The molecule has 2 heterocycles. The van der Waals surface area contributed by atoms with Crippen LogP contribution in [0.3, 0.4) is 0 Å². The molecule has 0 amide bonds. The van der Waals surface area contributed by atoms with Crippen molar-refractivity contribution >= 4 is 15.8 Å². The Kier molecular flexibility index (Phi) is 4.42. The average molecular weight is 283 g/mol. The molecule has 106 valence electrons. The summed E-state index contributed by atoms with van der Waals surface area (Å²) in [5.74, 6) is 0.336. The fourth-order valence-corrected chi connectivity index (χ4v) is 4.26. The molecule has 6 heteroatoms. The minimum atomic E-state index is -3.43. The Hall–Kier alpha value is -1.14. The Morgan fingerprint density at radius 3 is 2.84 bits per heavy atom. The van der Waals surface area contributed by atoms with Gasteiger partial charge < -0.3 is 5.73 Å². The van der Waals surface area contributed by atoms with Crippen molar-refractivity contribution in [2.45, 2.75) is 50.0 Å². The molecule has 1 unspecified atom stereocenters. The number of nitrogen functional groups attached to an aromatic ring is 1. The predicted octanol–water partition coefficient (Wildman–Crippen LogP) is 2.01. The number of piperidine rings is 1. The SMILES string of the molecule is CCCC1CCCCN1S(=O)(=O)c1ccc(N)nc1. The lowest BCUT2D eigenvalue weighted by Crippen LogP contribution is -2.43. The van der Waals surface area contributed by atoms with Crippen molar-refractivity contribution in [3.63, 3.8) is 0 Å². The topological polar surface area (TPSA) is 76.3 Å². The zero-order valence-electron chi connectivity index (χ0n) is 11.2. The molecule has 5 nitrogen and oxygen atoms in total. The summed E-state index contributed by atoms with van der Waals surface area (Å²) in [5.41, 5.74) is 5.50. The maximum absolute atomic E-state index is 12.6. The normalized spacial score (nSPS) is 21.4. The van der Waals surface area contributed by atoms with Gasteiger partial charge in [-0.15, -0.1) is 0 Å². The number of anilines is 1. The Morgan fingerprint density at radius 1 is 1.42 bits per heavy atom. The molecule has 1 aromatic heterocycles. The second kappa shape index (κ2) is 5.88. The van der Waals surface area contributed by atoms with Crippen LogP contribution in [0, 0.1) is 0 Å². The van der Waals surface area contributed by atoms with Crippen LogP contribution in [-0.2, 0) is 10.0 Å².